The molecule has 32 heavy (non-hydrogen) atoms. The quantitative estimate of drug-likeness (QED) is 0.430. The van der Waals surface area contributed by atoms with Crippen LogP contribution in [-0.2, 0) is 12.0 Å². The van der Waals surface area contributed by atoms with Gasteiger partial charge in [-0.2, -0.15) is 0 Å². The summed E-state index contributed by atoms with van der Waals surface area (Å²) >= 11 is 0. The van der Waals surface area contributed by atoms with Crippen LogP contribution in [0, 0.1) is 0 Å². The molecule has 2 aromatic carbocycles. The molecule has 2 aromatic heterocycles. The molecule has 6 nitrogen and oxygen atoms in total. The molecule has 3 N–H and O–H groups in total. The van der Waals surface area contributed by atoms with E-state index in [0.717, 1.165) is 35.4 Å². The highest BCUT2D eigenvalue weighted by molar-refractivity contribution is 6.08. The van der Waals surface area contributed by atoms with Crippen LogP contribution < -0.4 is 16.0 Å². The third-order valence-corrected chi connectivity index (χ3v) is 5.90. The first kappa shape index (κ1) is 20.2. The highest BCUT2D eigenvalue weighted by Gasteiger charge is 2.27. The lowest BCUT2D eigenvalue weighted by Gasteiger charge is -2.33. The Bertz CT molecular complexity index is 1310. The molecule has 0 radical (unpaired) electrons. The van der Waals surface area contributed by atoms with Crippen LogP contribution in [0.4, 0.5) is 17.2 Å². The molecule has 0 bridgehead atoms. The Morgan fingerprint density at radius 3 is 2.69 bits per heavy atom. The molecular formula is C26H25N5O. The van der Waals surface area contributed by atoms with Crippen LogP contribution in [0.3, 0.4) is 0 Å². The first-order chi connectivity index (χ1) is 15.5. The van der Waals surface area contributed by atoms with Crippen LogP contribution in [0.15, 0.2) is 73.1 Å². The lowest BCUT2D eigenvalue weighted by molar-refractivity contribution is 0.102. The van der Waals surface area contributed by atoms with E-state index in [9.17, 15) is 4.79 Å². The van der Waals surface area contributed by atoms with E-state index in [0.29, 0.717) is 11.4 Å². The SMILES string of the molecule is CC1(C)CNCc2cc(NC(=O)c3cccnc3Nc3ccc4cccnc4c3)ccc21. The number of amides is 1. The summed E-state index contributed by atoms with van der Waals surface area (Å²) < 4.78 is 0. The minimum atomic E-state index is -0.206. The molecule has 0 spiro atoms. The Balaban J connectivity index is 1.39. The summed E-state index contributed by atoms with van der Waals surface area (Å²) in [6.45, 7) is 6.21. The number of rotatable bonds is 4. The van der Waals surface area contributed by atoms with E-state index in [4.69, 9.17) is 0 Å². The van der Waals surface area contributed by atoms with Crippen LogP contribution in [-0.4, -0.2) is 22.4 Å². The lowest BCUT2D eigenvalue weighted by atomic mass is 9.79. The van der Waals surface area contributed by atoms with E-state index in [1.165, 1.54) is 11.1 Å². The first-order valence-corrected chi connectivity index (χ1v) is 10.7. The zero-order valence-electron chi connectivity index (χ0n) is 18.1. The van der Waals surface area contributed by atoms with Crippen molar-refractivity contribution in [3.63, 3.8) is 0 Å². The number of carbonyl (C=O) groups excluding carboxylic acids is 1. The van der Waals surface area contributed by atoms with E-state index < -0.39 is 0 Å². The second kappa shape index (κ2) is 8.05. The van der Waals surface area contributed by atoms with Crippen LogP contribution in [0.5, 0.6) is 0 Å². The number of benzene rings is 2. The van der Waals surface area contributed by atoms with Crippen molar-refractivity contribution in [1.29, 1.82) is 0 Å². The van der Waals surface area contributed by atoms with Crippen molar-refractivity contribution >= 4 is 34.0 Å². The summed E-state index contributed by atoms with van der Waals surface area (Å²) in [6, 6.07) is 19.5. The molecule has 0 saturated carbocycles. The Hall–Kier alpha value is -3.77. The van der Waals surface area contributed by atoms with Gasteiger partial charge in [0.25, 0.3) is 5.91 Å². The molecule has 160 valence electrons. The van der Waals surface area contributed by atoms with Crippen LogP contribution in [0.25, 0.3) is 10.9 Å². The van der Waals surface area contributed by atoms with E-state index in [-0.39, 0.29) is 11.3 Å². The van der Waals surface area contributed by atoms with E-state index in [1.54, 1.807) is 24.5 Å². The fourth-order valence-corrected chi connectivity index (χ4v) is 4.25. The summed E-state index contributed by atoms with van der Waals surface area (Å²) in [5.41, 5.74) is 5.57. The molecule has 4 aromatic rings. The van der Waals surface area contributed by atoms with Gasteiger partial charge in [0, 0.05) is 47.7 Å². The van der Waals surface area contributed by atoms with Gasteiger partial charge in [-0.3, -0.25) is 9.78 Å². The second-order valence-electron chi connectivity index (χ2n) is 8.75. The average Bonchev–Trinajstić information content (AvgIpc) is 2.79. The van der Waals surface area contributed by atoms with Crippen molar-refractivity contribution in [1.82, 2.24) is 15.3 Å². The van der Waals surface area contributed by atoms with Crippen LogP contribution in [0.1, 0.15) is 35.3 Å². The molecule has 1 amide bonds. The minimum absolute atomic E-state index is 0.0747. The third-order valence-electron chi connectivity index (χ3n) is 5.90. The molecule has 0 unspecified atom stereocenters. The topological polar surface area (TPSA) is 78.9 Å². The van der Waals surface area contributed by atoms with E-state index >= 15 is 0 Å². The maximum Gasteiger partial charge on any atom is 0.259 e. The third kappa shape index (κ3) is 3.92. The van der Waals surface area contributed by atoms with Gasteiger partial charge < -0.3 is 16.0 Å². The van der Waals surface area contributed by atoms with Crippen LogP contribution >= 0.6 is 0 Å². The molecule has 0 saturated heterocycles. The summed E-state index contributed by atoms with van der Waals surface area (Å²) in [5, 5.41) is 10.8. The molecule has 0 atom stereocenters. The van der Waals surface area contributed by atoms with Gasteiger partial charge in [-0.05, 0) is 53.6 Å². The molecule has 1 aliphatic rings. The fraction of sp³-hybridized carbons (Fsp3) is 0.192. The monoisotopic (exact) mass is 423 g/mol. The number of nitrogens with one attached hydrogen (secondary N) is 3. The zero-order chi connectivity index (χ0) is 22.1. The van der Waals surface area contributed by atoms with Gasteiger partial charge in [-0.25, -0.2) is 4.98 Å². The normalized spacial score (nSPS) is 14.6. The maximum atomic E-state index is 13.1. The number of anilines is 3. The first-order valence-electron chi connectivity index (χ1n) is 10.7. The molecule has 6 heteroatoms. The molecule has 5 rings (SSSR count). The summed E-state index contributed by atoms with van der Waals surface area (Å²) in [6.07, 6.45) is 3.44. The number of fused-ring (bicyclic) bond motifs is 2. The smallest absolute Gasteiger partial charge is 0.259 e. The van der Waals surface area contributed by atoms with E-state index in [1.807, 2.05) is 36.4 Å². The predicted molar refractivity (Wildman–Crippen MR) is 128 cm³/mol. The molecule has 0 aliphatic carbocycles. The highest BCUT2D eigenvalue weighted by Crippen LogP contribution is 2.31. The van der Waals surface area contributed by atoms with Crippen molar-refractivity contribution in [3.8, 4) is 0 Å². The summed E-state index contributed by atoms with van der Waals surface area (Å²) in [4.78, 5) is 21.9. The summed E-state index contributed by atoms with van der Waals surface area (Å²) in [7, 11) is 0. The Kier molecular flexibility index (Phi) is 5.07. The highest BCUT2D eigenvalue weighted by atomic mass is 16.1. The summed E-state index contributed by atoms with van der Waals surface area (Å²) in [5.74, 6) is 0.295. The van der Waals surface area contributed by atoms with Gasteiger partial charge in [0.05, 0.1) is 11.1 Å². The molecule has 0 fully saturated rings. The Morgan fingerprint density at radius 2 is 1.78 bits per heavy atom. The van der Waals surface area contributed by atoms with Gasteiger partial charge in [0.15, 0.2) is 0 Å². The standard InChI is InChI=1S/C26H25N5O/c1-26(2)16-27-15-18-13-19(9-10-22(18)26)31-25(32)21-6-4-12-29-24(21)30-20-8-7-17-5-3-11-28-23(17)14-20/h3-14,27H,15-16H2,1-2H3,(H,29,30)(H,31,32). The lowest BCUT2D eigenvalue weighted by Crippen LogP contribution is -2.38. The van der Waals surface area contributed by atoms with Crippen molar-refractivity contribution in [2.45, 2.75) is 25.8 Å². The number of aromatic nitrogens is 2. The van der Waals surface area contributed by atoms with Gasteiger partial charge in [0.1, 0.15) is 5.82 Å². The predicted octanol–water partition coefficient (Wildman–Crippen LogP) is 5.01. The van der Waals surface area contributed by atoms with Gasteiger partial charge >= 0.3 is 0 Å². The van der Waals surface area contributed by atoms with Crippen molar-refractivity contribution in [2.75, 3.05) is 17.2 Å². The van der Waals surface area contributed by atoms with Gasteiger partial charge in [-0.15, -0.1) is 0 Å². The number of hydrogen-bond acceptors (Lipinski definition) is 5. The zero-order valence-corrected chi connectivity index (χ0v) is 18.1. The largest absolute Gasteiger partial charge is 0.340 e. The number of nitrogens with zero attached hydrogens (tertiary/aromatic N) is 2. The van der Waals surface area contributed by atoms with E-state index in [2.05, 4.69) is 51.9 Å². The molecular weight excluding hydrogens is 398 g/mol. The second-order valence-corrected chi connectivity index (χ2v) is 8.75. The van der Waals surface area contributed by atoms with Gasteiger partial charge in [-0.1, -0.05) is 32.0 Å². The van der Waals surface area contributed by atoms with Crippen molar-refractivity contribution < 1.29 is 4.79 Å². The van der Waals surface area contributed by atoms with Crippen molar-refractivity contribution in [2.24, 2.45) is 0 Å². The van der Waals surface area contributed by atoms with Crippen molar-refractivity contribution in [3.05, 3.63) is 89.7 Å². The minimum Gasteiger partial charge on any atom is -0.340 e. The number of pyridine rings is 2. The molecule has 1 aliphatic heterocycles. The Labute approximate surface area is 187 Å². The Morgan fingerprint density at radius 1 is 0.969 bits per heavy atom. The molecule has 3 heterocycles. The number of carbonyl (C=O) groups is 1. The van der Waals surface area contributed by atoms with Crippen LogP contribution in [0.2, 0.25) is 0 Å². The fourth-order valence-electron chi connectivity index (χ4n) is 4.25. The maximum absolute atomic E-state index is 13.1. The van der Waals surface area contributed by atoms with Gasteiger partial charge in [0.2, 0.25) is 0 Å². The number of hydrogen-bond donors (Lipinski definition) is 3. The average molecular weight is 424 g/mol.